The number of nitrogens with zero attached hydrogens (tertiary/aromatic N) is 1. The van der Waals surface area contributed by atoms with Crippen LogP contribution in [0.3, 0.4) is 0 Å². The van der Waals surface area contributed by atoms with Crippen LogP contribution in [0.2, 0.25) is 0 Å². The maximum Gasteiger partial charge on any atom is 0.490 e. The van der Waals surface area contributed by atoms with Crippen LogP contribution in [0, 0.1) is 23.7 Å². The number of aliphatic carboxylic acids is 2. The van der Waals surface area contributed by atoms with Gasteiger partial charge in [0, 0.05) is 12.3 Å². The van der Waals surface area contributed by atoms with Gasteiger partial charge in [-0.2, -0.15) is 25.8 Å². The number of thiol groups is 1. The molecule has 1 saturated heterocycles. The number of halogens is 3. The Morgan fingerprint density at radius 1 is 0.746 bits per heavy atom. The van der Waals surface area contributed by atoms with Gasteiger partial charge in [0.1, 0.15) is 42.3 Å². The minimum Gasteiger partial charge on any atom is -0.480 e. The minimum atomic E-state index is -5.08. The third-order valence-corrected chi connectivity index (χ3v) is 10.7. The number of carboxylic acids is 2. The Morgan fingerprint density at radius 3 is 1.70 bits per heavy atom. The van der Waals surface area contributed by atoms with Gasteiger partial charge in [0.2, 0.25) is 41.4 Å². The highest BCUT2D eigenvalue weighted by molar-refractivity contribution is 7.80. The molecule has 0 spiro atoms. The predicted molar refractivity (Wildman–Crippen MR) is 225 cm³/mol. The average molecular weight is 929 g/mol. The van der Waals surface area contributed by atoms with Crippen LogP contribution in [0.15, 0.2) is 0 Å². The van der Waals surface area contributed by atoms with E-state index in [1.165, 1.54) is 11.8 Å². The van der Waals surface area contributed by atoms with Crippen LogP contribution in [0.25, 0.3) is 0 Å². The number of nitrogens with two attached hydrogens (primary N) is 1. The third kappa shape index (κ3) is 19.7. The summed E-state index contributed by atoms with van der Waals surface area (Å²) in [6.45, 7) is 15.1. The van der Waals surface area contributed by atoms with Crippen molar-refractivity contribution in [3.63, 3.8) is 0 Å². The van der Waals surface area contributed by atoms with E-state index in [0.717, 1.165) is 0 Å². The molecule has 20 nitrogen and oxygen atoms in total. The number of carbonyl (C=O) groups excluding carboxylic acids is 7. The van der Waals surface area contributed by atoms with Crippen molar-refractivity contribution in [1.82, 2.24) is 36.8 Å². The molecule has 1 rings (SSSR count). The van der Waals surface area contributed by atoms with Gasteiger partial charge in [-0.15, -0.1) is 0 Å². The van der Waals surface area contributed by atoms with Crippen molar-refractivity contribution in [3.05, 3.63) is 0 Å². The number of aliphatic hydroxyl groups excluding tert-OH is 1. The quantitative estimate of drug-likeness (QED) is 0.0586. The summed E-state index contributed by atoms with van der Waals surface area (Å²) in [5.41, 5.74) is 5.70. The molecule has 11 N–H and O–H groups in total. The van der Waals surface area contributed by atoms with E-state index in [0.29, 0.717) is 25.7 Å². The maximum absolute atomic E-state index is 13.7. The average Bonchev–Trinajstić information content (AvgIpc) is 3.70. The Labute approximate surface area is 370 Å². The fourth-order valence-corrected chi connectivity index (χ4v) is 6.32. The van der Waals surface area contributed by atoms with E-state index < -0.39 is 126 Å². The first-order chi connectivity index (χ1) is 29.0. The topological polar surface area (TPSA) is 316 Å². The number of carboxylic acid groups (broad SMARTS) is 2. The van der Waals surface area contributed by atoms with Crippen molar-refractivity contribution in [2.24, 2.45) is 29.4 Å². The van der Waals surface area contributed by atoms with E-state index in [1.54, 1.807) is 27.7 Å². The van der Waals surface area contributed by atoms with Gasteiger partial charge in [-0.25, -0.2) is 9.59 Å². The largest absolute Gasteiger partial charge is 0.490 e. The molecular weight excluding hydrogens is 862 g/mol. The lowest BCUT2D eigenvalue weighted by Crippen LogP contribution is -2.61. The summed E-state index contributed by atoms with van der Waals surface area (Å²) < 4.78 is 31.7. The van der Waals surface area contributed by atoms with E-state index in [-0.39, 0.29) is 30.6 Å². The van der Waals surface area contributed by atoms with Gasteiger partial charge in [0.15, 0.2) is 0 Å². The number of hydrogen-bond donors (Lipinski definition) is 11. The van der Waals surface area contributed by atoms with Gasteiger partial charge in [-0.1, -0.05) is 68.2 Å². The zero-order valence-electron chi connectivity index (χ0n) is 37.2. The van der Waals surface area contributed by atoms with E-state index >= 15 is 0 Å². The first-order valence-electron chi connectivity index (χ1n) is 20.7. The highest BCUT2D eigenvalue weighted by Gasteiger charge is 2.41. The number of likely N-dealkylation sites (tertiary alicyclic amines) is 1. The van der Waals surface area contributed by atoms with Crippen molar-refractivity contribution in [1.29, 1.82) is 0 Å². The molecule has 63 heavy (non-hydrogen) atoms. The number of hydrogen-bond acceptors (Lipinski definition) is 12. The highest BCUT2D eigenvalue weighted by atomic mass is 32.1. The fourth-order valence-electron chi connectivity index (χ4n) is 6.07. The zero-order valence-corrected chi connectivity index (χ0v) is 38.1. The van der Waals surface area contributed by atoms with Gasteiger partial charge in [-0.05, 0) is 49.9 Å². The van der Waals surface area contributed by atoms with Gasteiger partial charge >= 0.3 is 18.1 Å². The second-order valence-electron chi connectivity index (χ2n) is 16.3. The molecule has 1 aliphatic rings. The smallest absolute Gasteiger partial charge is 0.480 e. The van der Waals surface area contributed by atoms with E-state index in [4.69, 9.17) is 15.6 Å². The lowest BCUT2D eigenvalue weighted by atomic mass is 9.96. The Morgan fingerprint density at radius 2 is 1.25 bits per heavy atom. The highest BCUT2D eigenvalue weighted by Crippen LogP contribution is 2.21. The first-order valence-corrected chi connectivity index (χ1v) is 21.3. The van der Waals surface area contributed by atoms with Crippen molar-refractivity contribution >= 4 is 65.9 Å². The van der Waals surface area contributed by atoms with Gasteiger partial charge in [-0.3, -0.25) is 33.6 Å². The molecule has 1 heterocycles. The Bertz CT molecular complexity index is 1590. The van der Waals surface area contributed by atoms with Crippen LogP contribution < -0.4 is 37.6 Å². The Hall–Kier alpha value is -4.71. The second kappa shape index (κ2) is 27.5. The zero-order chi connectivity index (χ0) is 49.1. The summed E-state index contributed by atoms with van der Waals surface area (Å²) in [6, 6.07) is -7.83. The predicted octanol–water partition coefficient (Wildman–Crippen LogP) is -0.332. The van der Waals surface area contributed by atoms with Crippen LogP contribution >= 0.6 is 12.6 Å². The summed E-state index contributed by atoms with van der Waals surface area (Å²) >= 11 is 4.28. The summed E-state index contributed by atoms with van der Waals surface area (Å²) in [6.07, 6.45) is -4.24. The molecule has 24 heteroatoms. The van der Waals surface area contributed by atoms with Crippen LogP contribution in [-0.2, 0) is 43.2 Å². The summed E-state index contributed by atoms with van der Waals surface area (Å²) in [7, 11) is 0. The third-order valence-electron chi connectivity index (χ3n) is 10.3. The SMILES string of the molecule is CC[C@H](C)[C@H](NC(=O)[C@@H]1CCCN1C(=O)[C@H](CS)NC(=O)[C@@H](NC(=O)[C@@H](NC(=O)CNC(=O)[C@H](CC(C)C)NC(=O)[C@@H](N)[C@@H](C)O)[C@@H](C)CC)C(C)C)C(=O)O.O=C(O)C(F)(F)F. The maximum atomic E-state index is 13.7. The number of rotatable bonds is 23. The number of amides is 7. The van der Waals surface area contributed by atoms with Crippen molar-refractivity contribution in [2.75, 3.05) is 18.8 Å². The second-order valence-corrected chi connectivity index (χ2v) is 16.6. The van der Waals surface area contributed by atoms with E-state index in [1.807, 2.05) is 27.7 Å². The van der Waals surface area contributed by atoms with Gasteiger partial charge in [0.25, 0.3) is 0 Å². The van der Waals surface area contributed by atoms with Crippen molar-refractivity contribution < 1.29 is 71.6 Å². The normalized spacial score (nSPS) is 18.1. The minimum absolute atomic E-state index is 0.0232. The standard InChI is InChI=1S/C37H66N8O10S.C2HF3O2/c1-10-20(7)29(42-26(47)16-39-31(48)23(15-18(3)4)40-33(50)27(38)22(9)46)35(52)43-28(19(5)6)34(51)41-24(17-56)36(53)45-14-12-13-25(45)32(49)44-30(37(54)55)21(8)11-2;3-2(4,5)1(6)7/h18-25,27-30,46,56H,10-17,38H2,1-9H3,(H,39,48)(H,40,50)(H,41,51)(H,42,47)(H,43,52)(H,44,49)(H,54,55);(H,6,7)/t20-,21-,22+,23-,24-,25-,27-,28-,29-,30-;/m0./s1. The Kier molecular flexibility index (Phi) is 25.4. The molecule has 1 aliphatic heterocycles. The number of alkyl halides is 3. The molecule has 0 unspecified atom stereocenters. The van der Waals surface area contributed by atoms with E-state index in [2.05, 4.69) is 44.5 Å². The molecule has 0 aromatic heterocycles. The number of nitrogens with one attached hydrogen (secondary N) is 6. The number of carbonyl (C=O) groups is 9. The molecule has 1 fully saturated rings. The first kappa shape index (κ1) is 58.3. The summed E-state index contributed by atoms with van der Waals surface area (Å²) in [5, 5.41) is 41.9. The van der Waals surface area contributed by atoms with Crippen LogP contribution in [0.1, 0.15) is 94.4 Å². The lowest BCUT2D eigenvalue weighted by Gasteiger charge is -2.31. The van der Waals surface area contributed by atoms with Crippen molar-refractivity contribution in [3.8, 4) is 0 Å². The van der Waals surface area contributed by atoms with E-state index in [9.17, 15) is 61.7 Å². The molecule has 0 aromatic rings. The van der Waals surface area contributed by atoms with Crippen LogP contribution in [-0.4, -0.2) is 147 Å². The van der Waals surface area contributed by atoms with Gasteiger partial charge in [0.05, 0.1) is 12.6 Å². The molecular formula is C39H67F3N8O12S. The molecule has 0 saturated carbocycles. The van der Waals surface area contributed by atoms with Crippen LogP contribution in [0.5, 0.6) is 0 Å². The monoisotopic (exact) mass is 928 g/mol. The summed E-state index contributed by atoms with van der Waals surface area (Å²) in [4.78, 5) is 115. The van der Waals surface area contributed by atoms with Crippen LogP contribution in [0.4, 0.5) is 13.2 Å². The number of aliphatic hydroxyl groups is 1. The molecule has 10 atom stereocenters. The lowest BCUT2D eigenvalue weighted by molar-refractivity contribution is -0.192. The Balaban J connectivity index is 0.00000503. The molecule has 0 aromatic carbocycles. The molecule has 362 valence electrons. The molecule has 0 bridgehead atoms. The summed E-state index contributed by atoms with van der Waals surface area (Å²) in [5.74, 6) is -9.98. The molecule has 0 radical (unpaired) electrons. The molecule has 0 aliphatic carbocycles. The van der Waals surface area contributed by atoms with Crippen molar-refractivity contribution in [2.45, 2.75) is 149 Å². The van der Waals surface area contributed by atoms with Gasteiger partial charge < -0.3 is 57.9 Å². The fraction of sp³-hybridized carbons (Fsp3) is 0.769. The molecule has 7 amide bonds.